The molecule has 106 valence electrons. The zero-order chi connectivity index (χ0) is 14.2. The van der Waals surface area contributed by atoms with Crippen LogP contribution in [0.1, 0.15) is 18.9 Å². The van der Waals surface area contributed by atoms with E-state index in [2.05, 4.69) is 27.5 Å². The normalized spacial score (nSPS) is 10.1. The molecule has 0 radical (unpaired) electrons. The summed E-state index contributed by atoms with van der Waals surface area (Å²) in [7, 11) is 1.68. The summed E-state index contributed by atoms with van der Waals surface area (Å²) in [5.74, 6) is 2.51. The number of ether oxygens (including phenoxy) is 1. The Morgan fingerprint density at radius 1 is 1.10 bits per heavy atom. The minimum absolute atomic E-state index is 0.661. The lowest BCUT2D eigenvalue weighted by atomic mass is 10.2. The van der Waals surface area contributed by atoms with Crippen LogP contribution in [0, 0.1) is 0 Å². The number of methoxy groups -OCH3 is 1. The largest absolute Gasteiger partial charge is 0.496 e. The average Bonchev–Trinajstić information content (AvgIpc) is 2.51. The molecule has 0 fully saturated rings. The van der Waals surface area contributed by atoms with Gasteiger partial charge in [-0.15, -0.1) is 0 Å². The molecular formula is C15H20N4O. The molecule has 0 aliphatic carbocycles. The molecule has 2 aromatic rings. The average molecular weight is 272 g/mol. The summed E-state index contributed by atoms with van der Waals surface area (Å²) in [6.07, 6.45) is 2.62. The fourth-order valence-corrected chi connectivity index (χ4v) is 1.84. The van der Waals surface area contributed by atoms with Crippen molar-refractivity contribution in [2.75, 3.05) is 24.3 Å². The van der Waals surface area contributed by atoms with E-state index in [4.69, 9.17) is 4.74 Å². The molecule has 1 heterocycles. The minimum Gasteiger partial charge on any atom is -0.496 e. The number of nitrogens with zero attached hydrogens (tertiary/aromatic N) is 2. The maximum absolute atomic E-state index is 5.33. The van der Waals surface area contributed by atoms with E-state index in [1.807, 2.05) is 30.3 Å². The molecule has 0 bridgehead atoms. The van der Waals surface area contributed by atoms with Gasteiger partial charge in [0.05, 0.1) is 7.11 Å². The molecule has 1 aromatic heterocycles. The topological polar surface area (TPSA) is 59.1 Å². The molecular weight excluding hydrogens is 252 g/mol. The zero-order valence-corrected chi connectivity index (χ0v) is 11.9. The van der Waals surface area contributed by atoms with Crippen molar-refractivity contribution in [1.29, 1.82) is 0 Å². The Labute approximate surface area is 119 Å². The lowest BCUT2D eigenvalue weighted by Gasteiger charge is -2.10. The van der Waals surface area contributed by atoms with Crippen molar-refractivity contribution in [1.82, 2.24) is 9.97 Å². The van der Waals surface area contributed by atoms with Gasteiger partial charge in [-0.1, -0.05) is 25.1 Å². The van der Waals surface area contributed by atoms with Crippen LogP contribution in [-0.4, -0.2) is 23.6 Å². The van der Waals surface area contributed by atoms with Crippen LogP contribution in [0.4, 0.5) is 11.6 Å². The van der Waals surface area contributed by atoms with Gasteiger partial charge < -0.3 is 15.4 Å². The third-order valence-electron chi connectivity index (χ3n) is 2.88. The van der Waals surface area contributed by atoms with Crippen molar-refractivity contribution in [3.8, 4) is 5.75 Å². The van der Waals surface area contributed by atoms with Gasteiger partial charge in [0.15, 0.2) is 0 Å². The third kappa shape index (κ3) is 3.85. The van der Waals surface area contributed by atoms with Crippen molar-refractivity contribution in [2.24, 2.45) is 0 Å². The molecule has 0 amide bonds. The molecule has 5 nitrogen and oxygen atoms in total. The molecule has 0 unspecified atom stereocenters. The molecule has 2 rings (SSSR count). The minimum atomic E-state index is 0.661. The van der Waals surface area contributed by atoms with Gasteiger partial charge in [-0.05, 0) is 12.5 Å². The molecule has 0 atom stereocenters. The summed E-state index contributed by atoms with van der Waals surface area (Å²) in [5, 5.41) is 6.52. The SMILES string of the molecule is CCCNc1cc(NCc2ccccc2OC)ncn1. The number of aromatic nitrogens is 2. The Kier molecular flexibility index (Phi) is 5.17. The van der Waals surface area contributed by atoms with Crippen molar-refractivity contribution < 1.29 is 4.74 Å². The number of para-hydroxylation sites is 1. The van der Waals surface area contributed by atoms with E-state index < -0.39 is 0 Å². The predicted octanol–water partition coefficient (Wildman–Crippen LogP) is 2.92. The molecule has 0 aliphatic rings. The van der Waals surface area contributed by atoms with E-state index in [0.29, 0.717) is 6.54 Å². The van der Waals surface area contributed by atoms with Crippen LogP contribution in [-0.2, 0) is 6.54 Å². The van der Waals surface area contributed by atoms with Gasteiger partial charge in [-0.2, -0.15) is 0 Å². The van der Waals surface area contributed by atoms with Crippen LogP contribution in [0.5, 0.6) is 5.75 Å². The Morgan fingerprint density at radius 2 is 1.85 bits per heavy atom. The second-order valence-corrected chi connectivity index (χ2v) is 4.38. The van der Waals surface area contributed by atoms with E-state index in [1.54, 1.807) is 13.4 Å². The van der Waals surface area contributed by atoms with Crippen molar-refractivity contribution >= 4 is 11.6 Å². The van der Waals surface area contributed by atoms with Gasteiger partial charge >= 0.3 is 0 Å². The number of nitrogens with one attached hydrogen (secondary N) is 2. The predicted molar refractivity (Wildman–Crippen MR) is 81.1 cm³/mol. The summed E-state index contributed by atoms with van der Waals surface area (Å²) in [6, 6.07) is 9.84. The Balaban J connectivity index is 1.99. The number of benzene rings is 1. The van der Waals surface area contributed by atoms with E-state index in [9.17, 15) is 0 Å². The highest BCUT2D eigenvalue weighted by molar-refractivity contribution is 5.47. The molecule has 0 spiro atoms. The number of anilines is 2. The lowest BCUT2D eigenvalue weighted by Crippen LogP contribution is -2.06. The quantitative estimate of drug-likeness (QED) is 0.811. The van der Waals surface area contributed by atoms with Gasteiger partial charge in [0.25, 0.3) is 0 Å². The number of hydrogen-bond acceptors (Lipinski definition) is 5. The standard InChI is InChI=1S/C15H20N4O/c1-3-8-16-14-9-15(19-11-18-14)17-10-12-6-4-5-7-13(12)20-2/h4-7,9,11H,3,8,10H2,1-2H3,(H2,16,17,18,19). The van der Waals surface area contributed by atoms with Gasteiger partial charge in [0, 0.05) is 24.7 Å². The molecule has 20 heavy (non-hydrogen) atoms. The highest BCUT2D eigenvalue weighted by Gasteiger charge is 2.02. The molecule has 0 aliphatic heterocycles. The van der Waals surface area contributed by atoms with E-state index >= 15 is 0 Å². The highest BCUT2D eigenvalue weighted by atomic mass is 16.5. The molecule has 0 saturated carbocycles. The molecule has 5 heteroatoms. The lowest BCUT2D eigenvalue weighted by molar-refractivity contribution is 0.410. The fourth-order valence-electron chi connectivity index (χ4n) is 1.84. The van der Waals surface area contributed by atoms with E-state index in [0.717, 1.165) is 35.9 Å². The second kappa shape index (κ2) is 7.33. The summed E-state index contributed by atoms with van der Waals surface area (Å²) in [5.41, 5.74) is 1.09. The maximum atomic E-state index is 5.33. The monoisotopic (exact) mass is 272 g/mol. The van der Waals surface area contributed by atoms with Crippen molar-refractivity contribution in [2.45, 2.75) is 19.9 Å². The van der Waals surface area contributed by atoms with Crippen LogP contribution in [0.15, 0.2) is 36.7 Å². The Hall–Kier alpha value is -2.30. The number of rotatable bonds is 7. The van der Waals surface area contributed by atoms with Crippen LogP contribution < -0.4 is 15.4 Å². The third-order valence-corrected chi connectivity index (χ3v) is 2.88. The van der Waals surface area contributed by atoms with Gasteiger partial charge in [0.1, 0.15) is 23.7 Å². The van der Waals surface area contributed by atoms with Gasteiger partial charge in [-0.3, -0.25) is 0 Å². The van der Waals surface area contributed by atoms with Crippen LogP contribution in [0.3, 0.4) is 0 Å². The van der Waals surface area contributed by atoms with Crippen LogP contribution >= 0.6 is 0 Å². The van der Waals surface area contributed by atoms with Crippen LogP contribution in [0.2, 0.25) is 0 Å². The highest BCUT2D eigenvalue weighted by Crippen LogP contribution is 2.18. The second-order valence-electron chi connectivity index (χ2n) is 4.38. The Morgan fingerprint density at radius 3 is 2.60 bits per heavy atom. The van der Waals surface area contributed by atoms with E-state index in [1.165, 1.54) is 0 Å². The van der Waals surface area contributed by atoms with Crippen molar-refractivity contribution in [3.05, 3.63) is 42.2 Å². The summed E-state index contributed by atoms with van der Waals surface area (Å²) in [4.78, 5) is 8.39. The van der Waals surface area contributed by atoms with Gasteiger partial charge in [-0.25, -0.2) is 9.97 Å². The molecule has 1 aromatic carbocycles. The molecule has 0 saturated heterocycles. The number of hydrogen-bond donors (Lipinski definition) is 2. The fraction of sp³-hybridized carbons (Fsp3) is 0.333. The summed E-state index contributed by atoms with van der Waals surface area (Å²) < 4.78 is 5.33. The zero-order valence-electron chi connectivity index (χ0n) is 11.9. The molecule has 2 N–H and O–H groups in total. The summed E-state index contributed by atoms with van der Waals surface area (Å²) in [6.45, 7) is 3.69. The van der Waals surface area contributed by atoms with Crippen molar-refractivity contribution in [3.63, 3.8) is 0 Å². The van der Waals surface area contributed by atoms with Crippen LogP contribution in [0.25, 0.3) is 0 Å². The maximum Gasteiger partial charge on any atom is 0.131 e. The first-order chi connectivity index (χ1) is 9.83. The first-order valence-corrected chi connectivity index (χ1v) is 6.75. The first-order valence-electron chi connectivity index (χ1n) is 6.75. The Bertz CT molecular complexity index is 545. The van der Waals surface area contributed by atoms with Gasteiger partial charge in [0.2, 0.25) is 0 Å². The van der Waals surface area contributed by atoms with E-state index in [-0.39, 0.29) is 0 Å². The first kappa shape index (κ1) is 14.1. The summed E-state index contributed by atoms with van der Waals surface area (Å²) >= 11 is 0. The smallest absolute Gasteiger partial charge is 0.131 e.